The lowest BCUT2D eigenvalue weighted by Crippen LogP contribution is -2.14. The number of amides is 1. The second-order valence-electron chi connectivity index (χ2n) is 5.82. The average Bonchev–Trinajstić information content (AvgIpc) is 2.85. The lowest BCUT2D eigenvalue weighted by Gasteiger charge is -2.11. The third kappa shape index (κ3) is 3.35. The summed E-state index contributed by atoms with van der Waals surface area (Å²) in [5.74, 6) is -0.512. The van der Waals surface area contributed by atoms with E-state index in [1.54, 1.807) is 6.92 Å². The number of aromatic nitrogens is 1. The molecule has 0 unspecified atom stereocenters. The Morgan fingerprint density at radius 3 is 2.52 bits per heavy atom. The van der Waals surface area contributed by atoms with Crippen molar-refractivity contribution in [2.75, 3.05) is 5.32 Å². The smallest absolute Gasteiger partial charge is 0.350 e. The van der Waals surface area contributed by atoms with Crippen molar-refractivity contribution in [2.24, 2.45) is 0 Å². The zero-order valence-electron chi connectivity index (χ0n) is 13.4. The Labute approximate surface area is 146 Å². The summed E-state index contributed by atoms with van der Waals surface area (Å²) in [4.78, 5) is 15.5. The van der Waals surface area contributed by atoms with E-state index >= 15 is 0 Å². The maximum absolute atomic E-state index is 12.9. The number of hydrogen-bond acceptors (Lipinski definition) is 1. The van der Waals surface area contributed by atoms with Gasteiger partial charge in [0, 0.05) is 16.6 Å². The Hall–Kier alpha value is -2.47. The lowest BCUT2D eigenvalue weighted by molar-refractivity contribution is -0.137. The highest BCUT2D eigenvalue weighted by Crippen LogP contribution is 2.36. The molecule has 1 amide bonds. The molecule has 0 spiro atoms. The first kappa shape index (κ1) is 17.4. The zero-order chi connectivity index (χ0) is 18.4. The molecule has 130 valence electrons. The summed E-state index contributed by atoms with van der Waals surface area (Å²) in [7, 11) is 0. The molecule has 0 atom stereocenters. The summed E-state index contributed by atoms with van der Waals surface area (Å²) in [5, 5.41) is 2.97. The van der Waals surface area contributed by atoms with E-state index in [-0.39, 0.29) is 5.69 Å². The van der Waals surface area contributed by atoms with Crippen LogP contribution in [0.2, 0.25) is 5.02 Å². The van der Waals surface area contributed by atoms with Gasteiger partial charge in [0.05, 0.1) is 10.6 Å². The van der Waals surface area contributed by atoms with Crippen molar-refractivity contribution >= 4 is 34.1 Å². The molecule has 3 rings (SSSR count). The molecule has 0 radical (unpaired) electrons. The molecular formula is C18H14ClF3N2O. The van der Waals surface area contributed by atoms with Crippen molar-refractivity contribution in [3.8, 4) is 0 Å². The van der Waals surface area contributed by atoms with Crippen LogP contribution in [0, 0.1) is 13.8 Å². The van der Waals surface area contributed by atoms with Crippen LogP contribution in [-0.4, -0.2) is 10.9 Å². The number of aromatic amines is 1. The van der Waals surface area contributed by atoms with Gasteiger partial charge in [0.25, 0.3) is 5.91 Å². The number of nitrogens with one attached hydrogen (secondary N) is 2. The van der Waals surface area contributed by atoms with Crippen molar-refractivity contribution in [1.82, 2.24) is 4.98 Å². The maximum Gasteiger partial charge on any atom is 0.417 e. The van der Waals surface area contributed by atoms with E-state index < -0.39 is 22.7 Å². The summed E-state index contributed by atoms with van der Waals surface area (Å²) in [6.45, 7) is 3.73. The molecule has 25 heavy (non-hydrogen) atoms. The van der Waals surface area contributed by atoms with E-state index in [1.807, 2.05) is 25.1 Å². The van der Waals surface area contributed by atoms with Crippen molar-refractivity contribution in [1.29, 1.82) is 0 Å². The van der Waals surface area contributed by atoms with Crippen molar-refractivity contribution < 1.29 is 18.0 Å². The first-order valence-electron chi connectivity index (χ1n) is 7.44. The lowest BCUT2D eigenvalue weighted by atomic mass is 10.1. The van der Waals surface area contributed by atoms with Crippen molar-refractivity contribution in [3.63, 3.8) is 0 Å². The van der Waals surface area contributed by atoms with Crippen LogP contribution in [0.1, 0.15) is 27.2 Å². The van der Waals surface area contributed by atoms with E-state index in [9.17, 15) is 18.0 Å². The zero-order valence-corrected chi connectivity index (χ0v) is 14.1. The highest BCUT2D eigenvalue weighted by atomic mass is 35.5. The van der Waals surface area contributed by atoms with Gasteiger partial charge in [-0.1, -0.05) is 23.2 Å². The molecule has 0 fully saturated rings. The number of carbonyl (C=O) groups excluding carboxylic acids is 1. The summed E-state index contributed by atoms with van der Waals surface area (Å²) in [5.41, 5.74) is 1.92. The van der Waals surface area contributed by atoms with Gasteiger partial charge in [0.15, 0.2) is 0 Å². The van der Waals surface area contributed by atoms with Crippen molar-refractivity contribution in [3.05, 3.63) is 63.8 Å². The largest absolute Gasteiger partial charge is 0.417 e. The third-order valence-electron chi connectivity index (χ3n) is 3.97. The topological polar surface area (TPSA) is 44.9 Å². The minimum atomic E-state index is -4.59. The van der Waals surface area contributed by atoms with Crippen LogP contribution < -0.4 is 5.32 Å². The predicted molar refractivity (Wildman–Crippen MR) is 92.2 cm³/mol. The van der Waals surface area contributed by atoms with Crippen LogP contribution in [0.3, 0.4) is 0 Å². The van der Waals surface area contributed by atoms with E-state index in [0.29, 0.717) is 5.69 Å². The van der Waals surface area contributed by atoms with Crippen LogP contribution >= 0.6 is 11.6 Å². The molecule has 0 saturated heterocycles. The monoisotopic (exact) mass is 366 g/mol. The van der Waals surface area contributed by atoms with Crippen LogP contribution in [-0.2, 0) is 6.18 Å². The molecule has 3 nitrogen and oxygen atoms in total. The Kier molecular flexibility index (Phi) is 4.24. The van der Waals surface area contributed by atoms with Gasteiger partial charge in [-0.15, -0.1) is 0 Å². The highest BCUT2D eigenvalue weighted by Gasteiger charge is 2.33. The summed E-state index contributed by atoms with van der Waals surface area (Å²) in [6, 6.07) is 8.98. The predicted octanol–water partition coefficient (Wildman–Crippen LogP) is 5.71. The van der Waals surface area contributed by atoms with Crippen LogP contribution in [0.4, 0.5) is 18.9 Å². The van der Waals surface area contributed by atoms with Gasteiger partial charge >= 0.3 is 6.18 Å². The molecule has 3 aromatic rings. The molecule has 2 aromatic carbocycles. The number of benzene rings is 2. The first-order valence-corrected chi connectivity index (χ1v) is 7.81. The van der Waals surface area contributed by atoms with Gasteiger partial charge < -0.3 is 10.3 Å². The normalized spacial score (nSPS) is 11.8. The molecule has 0 aliphatic carbocycles. The van der Waals surface area contributed by atoms with Gasteiger partial charge in [-0.25, -0.2) is 0 Å². The summed E-state index contributed by atoms with van der Waals surface area (Å²) >= 11 is 5.59. The highest BCUT2D eigenvalue weighted by molar-refractivity contribution is 6.31. The van der Waals surface area contributed by atoms with Crippen LogP contribution in [0.15, 0.2) is 36.4 Å². The molecule has 7 heteroatoms. The fraction of sp³-hybridized carbons (Fsp3) is 0.167. The number of hydrogen-bond donors (Lipinski definition) is 2. The molecular weight excluding hydrogens is 353 g/mol. The SMILES string of the molecule is Cc1ccc2[nH]c(C(=O)Nc3ccc(Cl)c(C(F)(F)F)c3)c(C)c2c1. The molecule has 1 heterocycles. The molecule has 1 aromatic heterocycles. The van der Waals surface area contributed by atoms with E-state index in [0.717, 1.165) is 34.2 Å². The number of anilines is 1. The van der Waals surface area contributed by atoms with Crippen LogP contribution in [0.25, 0.3) is 10.9 Å². The van der Waals surface area contributed by atoms with Crippen LogP contribution in [0.5, 0.6) is 0 Å². The number of halogens is 4. The number of aryl methyl sites for hydroxylation is 2. The maximum atomic E-state index is 12.9. The molecule has 0 saturated carbocycles. The Morgan fingerprint density at radius 1 is 1.12 bits per heavy atom. The third-order valence-corrected chi connectivity index (χ3v) is 4.30. The van der Waals surface area contributed by atoms with Crippen molar-refractivity contribution in [2.45, 2.75) is 20.0 Å². The minimum Gasteiger partial charge on any atom is -0.350 e. The minimum absolute atomic E-state index is 0.0240. The Morgan fingerprint density at radius 2 is 1.84 bits per heavy atom. The Balaban J connectivity index is 1.94. The number of rotatable bonds is 2. The standard InChI is InChI=1S/C18H14ClF3N2O/c1-9-3-6-15-12(7-9)10(2)16(24-15)17(25)23-11-4-5-14(19)13(8-11)18(20,21)22/h3-8,24H,1-2H3,(H,23,25). The molecule has 0 bridgehead atoms. The second kappa shape index (κ2) is 6.11. The van der Waals surface area contributed by atoms with E-state index in [4.69, 9.17) is 11.6 Å². The number of alkyl halides is 3. The number of carbonyl (C=O) groups is 1. The number of fused-ring (bicyclic) bond motifs is 1. The average molecular weight is 367 g/mol. The second-order valence-corrected chi connectivity index (χ2v) is 6.23. The summed E-state index contributed by atoms with van der Waals surface area (Å²) in [6.07, 6.45) is -4.59. The fourth-order valence-corrected chi connectivity index (χ4v) is 2.91. The summed E-state index contributed by atoms with van der Waals surface area (Å²) < 4.78 is 38.8. The molecule has 2 N–H and O–H groups in total. The van der Waals surface area contributed by atoms with Gasteiger partial charge in [0.1, 0.15) is 5.69 Å². The first-order chi connectivity index (χ1) is 11.7. The van der Waals surface area contributed by atoms with Gasteiger partial charge in [0.2, 0.25) is 0 Å². The van der Waals surface area contributed by atoms with Gasteiger partial charge in [-0.05, 0) is 49.7 Å². The Bertz CT molecular complexity index is 976. The fourth-order valence-electron chi connectivity index (χ4n) is 2.68. The number of H-pyrrole nitrogens is 1. The molecule has 0 aliphatic rings. The van der Waals surface area contributed by atoms with Gasteiger partial charge in [-0.3, -0.25) is 4.79 Å². The van der Waals surface area contributed by atoms with Gasteiger partial charge in [-0.2, -0.15) is 13.2 Å². The van der Waals surface area contributed by atoms with E-state index in [1.165, 1.54) is 6.07 Å². The quantitative estimate of drug-likeness (QED) is 0.599. The van der Waals surface area contributed by atoms with E-state index in [2.05, 4.69) is 10.3 Å². The molecule has 0 aliphatic heterocycles.